The van der Waals surface area contributed by atoms with Crippen LogP contribution in [-0.2, 0) is 0 Å². The van der Waals surface area contributed by atoms with E-state index in [1.165, 1.54) is 0 Å². The van der Waals surface area contributed by atoms with Crippen LogP contribution in [0.5, 0.6) is 0 Å². The highest BCUT2D eigenvalue weighted by Crippen LogP contribution is 2.20. The fourth-order valence-corrected chi connectivity index (χ4v) is 1.57. The smallest absolute Gasteiger partial charge is 0.199 e. The van der Waals surface area contributed by atoms with E-state index in [2.05, 4.69) is 0 Å². The molecule has 0 spiro atoms. The molecular formula is C13H7F4NO. The Kier molecular flexibility index (Phi) is 3.25. The highest BCUT2D eigenvalue weighted by Gasteiger charge is 2.21. The predicted molar refractivity (Wildman–Crippen MR) is 60.6 cm³/mol. The molecule has 0 aromatic heterocycles. The minimum absolute atomic E-state index is 0.198. The Bertz CT molecular complexity index is 647. The van der Waals surface area contributed by atoms with Crippen LogP contribution in [0.3, 0.4) is 0 Å². The average Bonchev–Trinajstić information content (AvgIpc) is 2.31. The second kappa shape index (κ2) is 4.72. The van der Waals surface area contributed by atoms with Gasteiger partial charge in [0.2, 0.25) is 0 Å². The van der Waals surface area contributed by atoms with Crippen LogP contribution < -0.4 is 5.73 Å². The molecule has 2 N–H and O–H groups in total. The highest BCUT2D eigenvalue weighted by molar-refractivity contribution is 6.09. The number of ketones is 1. The van der Waals surface area contributed by atoms with Gasteiger partial charge in [0.05, 0.1) is 11.3 Å². The van der Waals surface area contributed by atoms with Crippen LogP contribution in [0.25, 0.3) is 0 Å². The summed E-state index contributed by atoms with van der Waals surface area (Å²) in [5.74, 6) is -5.81. The third-order valence-corrected chi connectivity index (χ3v) is 2.50. The molecule has 0 aliphatic heterocycles. The van der Waals surface area contributed by atoms with Gasteiger partial charge in [0.15, 0.2) is 5.78 Å². The van der Waals surface area contributed by atoms with Crippen molar-refractivity contribution in [2.75, 3.05) is 5.73 Å². The van der Waals surface area contributed by atoms with Gasteiger partial charge in [-0.2, -0.15) is 0 Å². The Balaban J connectivity index is 2.53. The fourth-order valence-electron chi connectivity index (χ4n) is 1.57. The van der Waals surface area contributed by atoms with Gasteiger partial charge >= 0.3 is 0 Å². The van der Waals surface area contributed by atoms with Crippen molar-refractivity contribution in [1.82, 2.24) is 0 Å². The van der Waals surface area contributed by atoms with E-state index in [4.69, 9.17) is 5.73 Å². The Labute approximate surface area is 105 Å². The first-order valence-corrected chi connectivity index (χ1v) is 5.14. The zero-order valence-electron chi connectivity index (χ0n) is 9.38. The molecule has 0 unspecified atom stereocenters. The van der Waals surface area contributed by atoms with E-state index in [9.17, 15) is 22.4 Å². The van der Waals surface area contributed by atoms with Gasteiger partial charge in [0, 0.05) is 17.7 Å². The van der Waals surface area contributed by atoms with E-state index in [0.717, 1.165) is 18.2 Å². The molecule has 2 aromatic carbocycles. The Morgan fingerprint density at radius 3 is 2.00 bits per heavy atom. The van der Waals surface area contributed by atoms with Crippen LogP contribution in [0, 0.1) is 23.3 Å². The number of halogens is 4. The first-order valence-electron chi connectivity index (χ1n) is 5.14. The molecule has 0 atom stereocenters. The molecule has 0 amide bonds. The number of rotatable bonds is 2. The minimum Gasteiger partial charge on any atom is -0.396 e. The summed E-state index contributed by atoms with van der Waals surface area (Å²) >= 11 is 0. The molecule has 0 saturated heterocycles. The van der Waals surface area contributed by atoms with E-state index in [-0.39, 0.29) is 11.3 Å². The van der Waals surface area contributed by atoms with Gasteiger partial charge in [-0.3, -0.25) is 4.79 Å². The maximum absolute atomic E-state index is 13.4. The van der Waals surface area contributed by atoms with Crippen molar-refractivity contribution < 1.29 is 22.4 Å². The molecule has 2 rings (SSSR count). The van der Waals surface area contributed by atoms with E-state index >= 15 is 0 Å². The van der Waals surface area contributed by atoms with Crippen molar-refractivity contribution in [3.63, 3.8) is 0 Å². The molecule has 0 radical (unpaired) electrons. The van der Waals surface area contributed by atoms with Crippen LogP contribution in [-0.4, -0.2) is 5.78 Å². The highest BCUT2D eigenvalue weighted by atomic mass is 19.1. The summed E-state index contributed by atoms with van der Waals surface area (Å²) in [6.07, 6.45) is 0. The van der Waals surface area contributed by atoms with Crippen molar-refractivity contribution in [1.29, 1.82) is 0 Å². The molecule has 0 fully saturated rings. The van der Waals surface area contributed by atoms with E-state index in [1.54, 1.807) is 0 Å². The zero-order valence-corrected chi connectivity index (χ0v) is 9.38. The number of hydrogen-bond donors (Lipinski definition) is 1. The number of hydrogen-bond acceptors (Lipinski definition) is 2. The summed E-state index contributed by atoms with van der Waals surface area (Å²) in [5.41, 5.74) is 3.80. The number of nitrogens with two attached hydrogens (primary N) is 1. The molecule has 19 heavy (non-hydrogen) atoms. The van der Waals surface area contributed by atoms with Crippen LogP contribution in [0.15, 0.2) is 30.3 Å². The van der Waals surface area contributed by atoms with Gasteiger partial charge < -0.3 is 5.73 Å². The van der Waals surface area contributed by atoms with Gasteiger partial charge in [0.25, 0.3) is 0 Å². The molecule has 98 valence electrons. The van der Waals surface area contributed by atoms with Crippen LogP contribution in [0.4, 0.5) is 23.2 Å². The van der Waals surface area contributed by atoms with Gasteiger partial charge in [-0.1, -0.05) is 0 Å². The van der Waals surface area contributed by atoms with Crippen molar-refractivity contribution in [2.45, 2.75) is 0 Å². The van der Waals surface area contributed by atoms with Crippen molar-refractivity contribution in [3.8, 4) is 0 Å². The Hall–Kier alpha value is -2.37. The van der Waals surface area contributed by atoms with Gasteiger partial charge in [0.1, 0.15) is 23.3 Å². The maximum Gasteiger partial charge on any atom is 0.199 e. The number of nitrogen functional groups attached to an aromatic ring is 1. The van der Waals surface area contributed by atoms with E-state index < -0.39 is 34.6 Å². The summed E-state index contributed by atoms with van der Waals surface area (Å²) in [4.78, 5) is 11.9. The van der Waals surface area contributed by atoms with Gasteiger partial charge in [-0.25, -0.2) is 17.6 Å². The second-order valence-corrected chi connectivity index (χ2v) is 3.81. The minimum atomic E-state index is -1.35. The molecule has 0 heterocycles. The second-order valence-electron chi connectivity index (χ2n) is 3.81. The molecular weight excluding hydrogens is 262 g/mol. The largest absolute Gasteiger partial charge is 0.396 e. The summed E-state index contributed by atoms with van der Waals surface area (Å²) in [7, 11) is 0. The lowest BCUT2D eigenvalue weighted by Crippen LogP contribution is -2.09. The molecule has 2 nitrogen and oxygen atoms in total. The van der Waals surface area contributed by atoms with E-state index in [1.807, 2.05) is 0 Å². The topological polar surface area (TPSA) is 43.1 Å². The predicted octanol–water partition coefficient (Wildman–Crippen LogP) is 3.06. The third kappa shape index (κ3) is 2.42. The quantitative estimate of drug-likeness (QED) is 0.517. The van der Waals surface area contributed by atoms with Crippen molar-refractivity contribution >= 4 is 11.5 Å². The van der Waals surface area contributed by atoms with E-state index in [0.29, 0.717) is 12.1 Å². The summed E-state index contributed by atoms with van der Waals surface area (Å²) in [6, 6.07) is 3.75. The number of anilines is 1. The first kappa shape index (κ1) is 13.1. The normalized spacial score (nSPS) is 10.5. The van der Waals surface area contributed by atoms with Crippen LogP contribution >= 0.6 is 0 Å². The van der Waals surface area contributed by atoms with Crippen molar-refractivity contribution in [2.24, 2.45) is 0 Å². The van der Waals surface area contributed by atoms with Crippen molar-refractivity contribution in [3.05, 3.63) is 64.7 Å². The number of benzene rings is 2. The standard InChI is InChI=1S/C13H7F4NO/c14-7-4-9(16)12(10(17)5-7)13(19)6-1-2-11(18)8(15)3-6/h1-5H,18H2. The summed E-state index contributed by atoms with van der Waals surface area (Å²) < 4.78 is 52.7. The molecule has 0 aliphatic carbocycles. The Morgan fingerprint density at radius 1 is 0.895 bits per heavy atom. The molecule has 2 aromatic rings. The van der Waals surface area contributed by atoms with Crippen LogP contribution in [0.1, 0.15) is 15.9 Å². The zero-order chi connectivity index (χ0) is 14.2. The number of carbonyl (C=O) groups excluding carboxylic acids is 1. The lowest BCUT2D eigenvalue weighted by atomic mass is 10.0. The summed E-state index contributed by atoms with van der Waals surface area (Å²) in [6.45, 7) is 0. The van der Waals surface area contributed by atoms with Gasteiger partial charge in [-0.15, -0.1) is 0 Å². The molecule has 0 bridgehead atoms. The lowest BCUT2D eigenvalue weighted by Gasteiger charge is -2.05. The third-order valence-electron chi connectivity index (χ3n) is 2.50. The average molecular weight is 269 g/mol. The monoisotopic (exact) mass is 269 g/mol. The van der Waals surface area contributed by atoms with Gasteiger partial charge in [-0.05, 0) is 18.2 Å². The first-order chi connectivity index (χ1) is 8.90. The van der Waals surface area contributed by atoms with Crippen LogP contribution in [0.2, 0.25) is 0 Å². The maximum atomic E-state index is 13.4. The lowest BCUT2D eigenvalue weighted by molar-refractivity contribution is 0.103. The molecule has 0 aliphatic rings. The molecule has 0 saturated carbocycles. The SMILES string of the molecule is Nc1ccc(C(=O)c2c(F)cc(F)cc2F)cc1F. The number of carbonyl (C=O) groups is 1. The summed E-state index contributed by atoms with van der Waals surface area (Å²) in [5, 5.41) is 0. The Morgan fingerprint density at radius 2 is 1.47 bits per heavy atom. The molecule has 6 heteroatoms. The fraction of sp³-hybridized carbons (Fsp3) is 0.